The Morgan fingerprint density at radius 1 is 0.955 bits per heavy atom. The van der Waals surface area contributed by atoms with Gasteiger partial charge in [-0.1, -0.05) is 60.7 Å². The van der Waals surface area contributed by atoms with E-state index in [-0.39, 0.29) is 12.8 Å². The molecule has 0 amide bonds. The summed E-state index contributed by atoms with van der Waals surface area (Å²) < 4.78 is 45.6. The summed E-state index contributed by atoms with van der Waals surface area (Å²) in [5.41, 5.74) is 0. The second-order valence-corrected chi connectivity index (χ2v) is 9.98. The first-order valence-electron chi connectivity index (χ1n) is 7.20. The largest absolute Gasteiger partial charge is 0.578 e. The third kappa shape index (κ3) is 4.13. The molecule has 118 valence electrons. The zero-order chi connectivity index (χ0) is 16.1. The standard InChI is InChI=1S/C16H19F2O2PSi/c1-2-20-22(17,18)14-13-21(19,15-9-5-3-6-10-15)16-11-7-4-8-12-16/h3-12H,2,13-14H2,1H3. The summed E-state index contributed by atoms with van der Waals surface area (Å²) in [6.45, 7) is 1.54. The van der Waals surface area contributed by atoms with Gasteiger partial charge in [0.15, 0.2) is 0 Å². The lowest BCUT2D eigenvalue weighted by atomic mass is 10.4. The molecule has 0 saturated carbocycles. The maximum Gasteiger partial charge on any atom is 0.578 e. The first-order chi connectivity index (χ1) is 10.5. The SMILES string of the molecule is CCO[Si](F)(F)CCP(=O)(c1ccccc1)c1ccccc1. The molecule has 0 aliphatic heterocycles. The van der Waals surface area contributed by atoms with Crippen LogP contribution in [0.15, 0.2) is 60.7 Å². The van der Waals surface area contributed by atoms with Gasteiger partial charge in [-0.2, -0.15) is 0 Å². The normalized spacial score (nSPS) is 12.3. The first-order valence-corrected chi connectivity index (χ1v) is 11.0. The summed E-state index contributed by atoms with van der Waals surface area (Å²) in [5.74, 6) is 0. The Morgan fingerprint density at radius 2 is 1.41 bits per heavy atom. The quantitative estimate of drug-likeness (QED) is 0.434. The van der Waals surface area contributed by atoms with E-state index in [4.69, 9.17) is 0 Å². The molecule has 0 heterocycles. The van der Waals surface area contributed by atoms with E-state index in [9.17, 15) is 12.8 Å². The number of hydrogen-bond donors (Lipinski definition) is 0. The molecule has 0 spiro atoms. The second-order valence-electron chi connectivity index (χ2n) is 4.95. The van der Waals surface area contributed by atoms with Crippen LogP contribution in [0.25, 0.3) is 0 Å². The van der Waals surface area contributed by atoms with E-state index >= 15 is 0 Å². The molecule has 2 aromatic carbocycles. The average Bonchev–Trinajstić information content (AvgIpc) is 2.54. The minimum absolute atomic E-state index is 0.0137. The summed E-state index contributed by atoms with van der Waals surface area (Å²) >= 11 is 0. The van der Waals surface area contributed by atoms with Gasteiger partial charge in [-0.25, -0.2) is 8.22 Å². The van der Waals surface area contributed by atoms with Crippen molar-refractivity contribution in [2.45, 2.75) is 13.0 Å². The topological polar surface area (TPSA) is 26.3 Å². The second kappa shape index (κ2) is 7.31. The highest BCUT2D eigenvalue weighted by molar-refractivity contribution is 7.78. The molecular weight excluding hydrogens is 321 g/mol. The molecule has 0 N–H and O–H groups in total. The van der Waals surface area contributed by atoms with Gasteiger partial charge in [0.05, 0.1) is 0 Å². The monoisotopic (exact) mass is 340 g/mol. The van der Waals surface area contributed by atoms with Gasteiger partial charge in [-0.15, -0.1) is 0 Å². The maximum absolute atomic E-state index is 13.8. The Labute approximate surface area is 131 Å². The predicted octanol–water partition coefficient (Wildman–Crippen LogP) is 3.91. The molecule has 0 radical (unpaired) electrons. The van der Waals surface area contributed by atoms with Gasteiger partial charge in [-0.05, 0) is 6.92 Å². The summed E-state index contributed by atoms with van der Waals surface area (Å²) in [5, 5.41) is 1.23. The molecule has 0 aliphatic carbocycles. The van der Waals surface area contributed by atoms with E-state index in [0.717, 1.165) is 0 Å². The molecule has 0 fully saturated rings. The van der Waals surface area contributed by atoms with Crippen molar-refractivity contribution in [3.05, 3.63) is 60.7 Å². The Balaban J connectivity index is 2.34. The van der Waals surface area contributed by atoms with Gasteiger partial charge in [0, 0.05) is 29.4 Å². The van der Waals surface area contributed by atoms with Crippen molar-refractivity contribution in [1.29, 1.82) is 0 Å². The number of halogens is 2. The molecule has 2 aromatic rings. The van der Waals surface area contributed by atoms with E-state index < -0.39 is 22.2 Å². The molecule has 0 aromatic heterocycles. The van der Waals surface area contributed by atoms with Gasteiger partial charge in [0.25, 0.3) is 0 Å². The van der Waals surface area contributed by atoms with Crippen molar-refractivity contribution >= 4 is 26.7 Å². The number of benzene rings is 2. The summed E-state index contributed by atoms with van der Waals surface area (Å²) in [6.07, 6.45) is -0.0692. The maximum atomic E-state index is 13.8. The Hall–Kier alpha value is -1.29. The van der Waals surface area contributed by atoms with E-state index in [1.165, 1.54) is 0 Å². The minimum Gasteiger partial charge on any atom is -0.368 e. The lowest BCUT2D eigenvalue weighted by Gasteiger charge is -2.21. The van der Waals surface area contributed by atoms with Crippen molar-refractivity contribution in [3.63, 3.8) is 0 Å². The first kappa shape index (κ1) is 17.1. The lowest BCUT2D eigenvalue weighted by molar-refractivity contribution is 0.238. The van der Waals surface area contributed by atoms with Crippen molar-refractivity contribution in [2.24, 2.45) is 0 Å². The van der Waals surface area contributed by atoms with Crippen LogP contribution < -0.4 is 10.6 Å². The molecule has 2 nitrogen and oxygen atoms in total. The summed E-state index contributed by atoms with van der Waals surface area (Å²) in [7, 11) is -7.82. The number of hydrogen-bond acceptors (Lipinski definition) is 2. The fourth-order valence-corrected chi connectivity index (χ4v) is 7.31. The fourth-order valence-electron chi connectivity index (χ4n) is 2.32. The van der Waals surface area contributed by atoms with Crippen LogP contribution in [0.4, 0.5) is 8.22 Å². The molecule has 0 saturated heterocycles. The van der Waals surface area contributed by atoms with E-state index in [1.54, 1.807) is 55.5 Å². The zero-order valence-electron chi connectivity index (χ0n) is 12.4. The molecule has 0 atom stereocenters. The average molecular weight is 340 g/mol. The van der Waals surface area contributed by atoms with Crippen LogP contribution in [0.1, 0.15) is 6.92 Å². The van der Waals surface area contributed by atoms with Gasteiger partial charge in [0.1, 0.15) is 7.14 Å². The van der Waals surface area contributed by atoms with Crippen LogP contribution in [-0.2, 0) is 8.99 Å². The minimum atomic E-state index is -4.75. The van der Waals surface area contributed by atoms with Crippen LogP contribution in [-0.4, -0.2) is 21.8 Å². The Kier molecular flexibility index (Phi) is 5.67. The molecule has 0 unspecified atom stereocenters. The van der Waals surface area contributed by atoms with Gasteiger partial charge >= 0.3 is 8.99 Å². The van der Waals surface area contributed by atoms with Crippen LogP contribution in [0.3, 0.4) is 0 Å². The number of rotatable bonds is 7. The van der Waals surface area contributed by atoms with Crippen molar-refractivity contribution in [1.82, 2.24) is 0 Å². The molecule has 0 aliphatic rings. The van der Waals surface area contributed by atoms with Gasteiger partial charge < -0.3 is 8.99 Å². The van der Waals surface area contributed by atoms with E-state index in [0.29, 0.717) is 10.6 Å². The summed E-state index contributed by atoms with van der Waals surface area (Å²) in [4.78, 5) is 0. The third-order valence-electron chi connectivity index (χ3n) is 3.42. The van der Waals surface area contributed by atoms with E-state index in [2.05, 4.69) is 4.43 Å². The van der Waals surface area contributed by atoms with Crippen LogP contribution in [0.2, 0.25) is 6.04 Å². The predicted molar refractivity (Wildman–Crippen MR) is 89.0 cm³/mol. The van der Waals surface area contributed by atoms with Crippen molar-refractivity contribution < 1.29 is 17.2 Å². The molecule has 0 bridgehead atoms. The molecule has 2 rings (SSSR count). The highest BCUT2D eigenvalue weighted by Crippen LogP contribution is 2.45. The fraction of sp³-hybridized carbons (Fsp3) is 0.250. The lowest BCUT2D eigenvalue weighted by Crippen LogP contribution is -2.30. The van der Waals surface area contributed by atoms with E-state index in [1.807, 2.05) is 12.1 Å². The molecule has 22 heavy (non-hydrogen) atoms. The summed E-state index contributed by atoms with van der Waals surface area (Å²) in [6, 6.07) is 17.3. The zero-order valence-corrected chi connectivity index (χ0v) is 14.3. The van der Waals surface area contributed by atoms with Crippen LogP contribution in [0.5, 0.6) is 0 Å². The Bertz CT molecular complexity index is 592. The van der Waals surface area contributed by atoms with Crippen molar-refractivity contribution in [3.8, 4) is 0 Å². The third-order valence-corrected chi connectivity index (χ3v) is 8.50. The van der Waals surface area contributed by atoms with Crippen molar-refractivity contribution in [2.75, 3.05) is 12.8 Å². The van der Waals surface area contributed by atoms with Gasteiger partial charge in [-0.3, -0.25) is 0 Å². The van der Waals surface area contributed by atoms with Gasteiger partial charge in [0.2, 0.25) is 0 Å². The Morgan fingerprint density at radius 3 is 1.82 bits per heavy atom. The highest BCUT2D eigenvalue weighted by Gasteiger charge is 2.41. The molecule has 6 heteroatoms. The highest BCUT2D eigenvalue weighted by atomic mass is 31.2. The molecular formula is C16H19F2O2PSi. The van der Waals surface area contributed by atoms with Crippen LogP contribution in [0, 0.1) is 0 Å². The smallest absolute Gasteiger partial charge is 0.368 e. The van der Waals surface area contributed by atoms with Crippen LogP contribution >= 0.6 is 7.14 Å².